The number of aliphatic hydroxyl groups is 1. The lowest BCUT2D eigenvalue weighted by Gasteiger charge is -2.33. The van der Waals surface area contributed by atoms with E-state index in [2.05, 4.69) is 0 Å². The van der Waals surface area contributed by atoms with E-state index in [9.17, 15) is 9.59 Å². The Morgan fingerprint density at radius 3 is 2.35 bits per heavy atom. The Labute approximate surface area is 120 Å². The summed E-state index contributed by atoms with van der Waals surface area (Å²) in [5, 5.41) is 18.1. The minimum Gasteiger partial charge on any atom is -0.480 e. The van der Waals surface area contributed by atoms with Crippen LogP contribution < -0.4 is 0 Å². The lowest BCUT2D eigenvalue weighted by Crippen LogP contribution is -2.50. The van der Waals surface area contributed by atoms with Crippen molar-refractivity contribution in [2.75, 3.05) is 26.2 Å². The summed E-state index contributed by atoms with van der Waals surface area (Å²) in [5.41, 5.74) is 0. The zero-order chi connectivity index (χ0) is 15.0. The Bertz CT molecular complexity index is 316. The normalized spacial score (nSPS) is 15.3. The molecule has 0 aromatic heterocycles. The van der Waals surface area contributed by atoms with E-state index in [4.69, 9.17) is 10.2 Å². The van der Waals surface area contributed by atoms with Crippen LogP contribution in [0.1, 0.15) is 45.4 Å². The third-order valence-corrected chi connectivity index (χ3v) is 3.74. The number of carboxylic acid groups (broad SMARTS) is 1. The van der Waals surface area contributed by atoms with Crippen molar-refractivity contribution in [3.05, 3.63) is 0 Å². The van der Waals surface area contributed by atoms with Crippen LogP contribution in [0.25, 0.3) is 0 Å². The summed E-state index contributed by atoms with van der Waals surface area (Å²) < 4.78 is 0. The van der Waals surface area contributed by atoms with Gasteiger partial charge in [-0.3, -0.25) is 4.79 Å². The van der Waals surface area contributed by atoms with Gasteiger partial charge in [-0.15, -0.1) is 0 Å². The van der Waals surface area contributed by atoms with Gasteiger partial charge >= 0.3 is 12.0 Å². The molecule has 2 amide bonds. The summed E-state index contributed by atoms with van der Waals surface area (Å²) in [6.07, 6.45) is 5.65. The van der Waals surface area contributed by atoms with Crippen molar-refractivity contribution in [2.45, 2.75) is 51.5 Å². The van der Waals surface area contributed by atoms with Gasteiger partial charge in [0.05, 0.1) is 6.61 Å². The van der Waals surface area contributed by atoms with Crippen LogP contribution in [-0.4, -0.2) is 64.3 Å². The molecule has 1 saturated carbocycles. The molecule has 0 radical (unpaired) electrons. The van der Waals surface area contributed by atoms with Gasteiger partial charge in [0.25, 0.3) is 0 Å². The number of carbonyl (C=O) groups is 2. The average Bonchev–Trinajstić information content (AvgIpc) is 2.93. The lowest BCUT2D eigenvalue weighted by molar-refractivity contribution is -0.138. The van der Waals surface area contributed by atoms with Gasteiger partial charge in [-0.05, 0) is 19.3 Å². The largest absolute Gasteiger partial charge is 0.480 e. The predicted molar refractivity (Wildman–Crippen MR) is 75.6 cm³/mol. The quantitative estimate of drug-likeness (QED) is 0.709. The number of urea groups is 1. The molecule has 1 aliphatic rings. The van der Waals surface area contributed by atoms with E-state index >= 15 is 0 Å². The van der Waals surface area contributed by atoms with Gasteiger partial charge in [0.2, 0.25) is 0 Å². The van der Waals surface area contributed by atoms with Crippen LogP contribution in [-0.2, 0) is 4.79 Å². The highest BCUT2D eigenvalue weighted by Crippen LogP contribution is 2.24. The molecule has 1 fully saturated rings. The number of amides is 2. The minimum atomic E-state index is -0.982. The third kappa shape index (κ3) is 5.00. The van der Waals surface area contributed by atoms with E-state index < -0.39 is 5.97 Å². The van der Waals surface area contributed by atoms with Crippen molar-refractivity contribution in [2.24, 2.45) is 0 Å². The van der Waals surface area contributed by atoms with Crippen LogP contribution in [0, 0.1) is 0 Å². The molecule has 1 aliphatic carbocycles. The smallest absolute Gasteiger partial charge is 0.323 e. The highest BCUT2D eigenvalue weighted by atomic mass is 16.4. The molecule has 1 rings (SSSR count). The monoisotopic (exact) mass is 286 g/mol. The highest BCUT2D eigenvalue weighted by Gasteiger charge is 2.30. The summed E-state index contributed by atoms with van der Waals surface area (Å²) in [4.78, 5) is 26.6. The van der Waals surface area contributed by atoms with Crippen LogP contribution >= 0.6 is 0 Å². The van der Waals surface area contributed by atoms with Gasteiger partial charge in [-0.2, -0.15) is 0 Å². The first-order valence-corrected chi connectivity index (χ1v) is 7.48. The van der Waals surface area contributed by atoms with E-state index in [1.165, 1.54) is 4.90 Å². The Kier molecular flexibility index (Phi) is 7.36. The average molecular weight is 286 g/mol. The summed E-state index contributed by atoms with van der Waals surface area (Å²) in [6.45, 7) is 2.52. The molecule has 6 nitrogen and oxygen atoms in total. The molecule has 0 saturated heterocycles. The number of aliphatic hydroxyl groups excluding tert-OH is 1. The highest BCUT2D eigenvalue weighted by molar-refractivity contribution is 5.80. The first-order valence-electron chi connectivity index (χ1n) is 7.48. The first-order chi connectivity index (χ1) is 9.60. The molecule has 0 bridgehead atoms. The number of carboxylic acids is 1. The van der Waals surface area contributed by atoms with Gasteiger partial charge in [0, 0.05) is 19.1 Å². The van der Waals surface area contributed by atoms with E-state index in [1.807, 2.05) is 6.92 Å². The molecule has 20 heavy (non-hydrogen) atoms. The van der Waals surface area contributed by atoms with Gasteiger partial charge < -0.3 is 20.0 Å². The molecule has 0 aromatic carbocycles. The predicted octanol–water partition coefficient (Wildman–Crippen LogP) is 1.53. The second-order valence-corrected chi connectivity index (χ2v) is 5.31. The summed E-state index contributed by atoms with van der Waals surface area (Å²) >= 11 is 0. The molecule has 116 valence electrons. The second-order valence-electron chi connectivity index (χ2n) is 5.31. The fourth-order valence-corrected chi connectivity index (χ4v) is 2.67. The maximum atomic E-state index is 12.5. The zero-order valence-electron chi connectivity index (χ0n) is 12.3. The number of nitrogens with zero attached hydrogens (tertiary/aromatic N) is 2. The minimum absolute atomic E-state index is 0.0291. The fourth-order valence-electron chi connectivity index (χ4n) is 2.67. The molecule has 0 heterocycles. The SMILES string of the molecule is CCCCN(CCO)C(=O)N(CC(=O)O)C1CCCC1. The fraction of sp³-hybridized carbons (Fsp3) is 0.857. The number of unbranched alkanes of at least 4 members (excludes halogenated alkanes) is 1. The topological polar surface area (TPSA) is 81.1 Å². The number of hydrogen-bond donors (Lipinski definition) is 2. The summed E-state index contributed by atoms with van der Waals surface area (Å²) in [6, 6.07) is -0.219. The molecule has 0 spiro atoms. The molecular formula is C14H26N2O4. The molecule has 0 unspecified atom stereocenters. The van der Waals surface area contributed by atoms with Crippen molar-refractivity contribution in [1.82, 2.24) is 9.80 Å². The van der Waals surface area contributed by atoms with Crippen LogP contribution in [0.4, 0.5) is 4.79 Å². The molecule has 0 atom stereocenters. The van der Waals surface area contributed by atoms with E-state index in [-0.39, 0.29) is 31.8 Å². The van der Waals surface area contributed by atoms with E-state index in [0.717, 1.165) is 38.5 Å². The lowest BCUT2D eigenvalue weighted by atomic mass is 10.2. The van der Waals surface area contributed by atoms with Crippen LogP contribution in [0.5, 0.6) is 0 Å². The molecule has 2 N–H and O–H groups in total. The third-order valence-electron chi connectivity index (χ3n) is 3.74. The molecule has 0 aliphatic heterocycles. The molecule has 0 aromatic rings. The zero-order valence-corrected chi connectivity index (χ0v) is 12.3. The van der Waals surface area contributed by atoms with Crippen molar-refractivity contribution in [3.8, 4) is 0 Å². The van der Waals surface area contributed by atoms with Gasteiger partial charge in [0.15, 0.2) is 0 Å². The standard InChI is InChI=1S/C14H26N2O4/c1-2-3-8-15(9-10-17)14(20)16(11-13(18)19)12-6-4-5-7-12/h12,17H,2-11H2,1H3,(H,18,19). The van der Waals surface area contributed by atoms with Gasteiger partial charge in [-0.25, -0.2) is 4.79 Å². The second kappa shape index (κ2) is 8.79. The summed E-state index contributed by atoms with van der Waals surface area (Å²) in [7, 11) is 0. The van der Waals surface area contributed by atoms with Crippen molar-refractivity contribution < 1.29 is 19.8 Å². The maximum Gasteiger partial charge on any atom is 0.323 e. The van der Waals surface area contributed by atoms with Crippen LogP contribution in [0.15, 0.2) is 0 Å². The number of carbonyl (C=O) groups excluding carboxylic acids is 1. The van der Waals surface area contributed by atoms with Gasteiger partial charge in [-0.1, -0.05) is 26.2 Å². The van der Waals surface area contributed by atoms with Gasteiger partial charge in [0.1, 0.15) is 6.54 Å². The Morgan fingerprint density at radius 2 is 1.85 bits per heavy atom. The molecular weight excluding hydrogens is 260 g/mol. The van der Waals surface area contributed by atoms with Crippen molar-refractivity contribution in [1.29, 1.82) is 0 Å². The molecule has 6 heteroatoms. The van der Waals surface area contributed by atoms with E-state index in [0.29, 0.717) is 6.54 Å². The van der Waals surface area contributed by atoms with E-state index in [1.54, 1.807) is 4.90 Å². The first kappa shape index (κ1) is 16.8. The Morgan fingerprint density at radius 1 is 1.20 bits per heavy atom. The Balaban J connectivity index is 2.73. The number of hydrogen-bond acceptors (Lipinski definition) is 3. The number of rotatable bonds is 8. The number of aliphatic carboxylic acids is 1. The van der Waals surface area contributed by atoms with Crippen LogP contribution in [0.2, 0.25) is 0 Å². The van der Waals surface area contributed by atoms with Crippen molar-refractivity contribution in [3.63, 3.8) is 0 Å². The maximum absolute atomic E-state index is 12.5. The van der Waals surface area contributed by atoms with Crippen molar-refractivity contribution >= 4 is 12.0 Å². The summed E-state index contributed by atoms with van der Waals surface area (Å²) in [5.74, 6) is -0.982. The Hall–Kier alpha value is -1.30. The van der Waals surface area contributed by atoms with Crippen LogP contribution in [0.3, 0.4) is 0 Å².